The summed E-state index contributed by atoms with van der Waals surface area (Å²) in [6.45, 7) is 0. The fraction of sp³-hybridized carbons (Fsp3) is 0.500. The van der Waals surface area contributed by atoms with Gasteiger partial charge in [-0.05, 0) is 0 Å². The van der Waals surface area contributed by atoms with Crippen molar-refractivity contribution in [1.29, 1.82) is 0 Å². The van der Waals surface area contributed by atoms with Gasteiger partial charge in [-0.3, -0.25) is 0 Å². The van der Waals surface area contributed by atoms with Gasteiger partial charge in [0.2, 0.25) is 0 Å². The third-order valence-electron chi connectivity index (χ3n) is 3.09. The molecule has 0 spiro atoms. The van der Waals surface area contributed by atoms with Crippen molar-refractivity contribution in [2.24, 2.45) is 0 Å². The van der Waals surface area contributed by atoms with Gasteiger partial charge in [-0.15, -0.1) is 0 Å². The van der Waals surface area contributed by atoms with Crippen LogP contribution in [-0.4, -0.2) is 23.4 Å². The molecule has 1 saturated heterocycles. The van der Waals surface area contributed by atoms with Crippen LogP contribution in [0.25, 0.3) is 0 Å². The molecular formula is C12H14O3. The first-order valence-electron chi connectivity index (χ1n) is 5.37. The molecule has 2 unspecified atom stereocenters. The number of rotatable bonds is 1. The predicted octanol–water partition coefficient (Wildman–Crippen LogP) is 1.62. The second-order valence-corrected chi connectivity index (χ2v) is 4.22. The Morgan fingerprint density at radius 3 is 2.20 bits per heavy atom. The highest BCUT2D eigenvalue weighted by atomic mass is 16.7. The van der Waals surface area contributed by atoms with Crippen LogP contribution in [0, 0.1) is 0 Å². The van der Waals surface area contributed by atoms with E-state index in [0.717, 1.165) is 5.56 Å². The summed E-state index contributed by atoms with van der Waals surface area (Å²) >= 11 is 0. The van der Waals surface area contributed by atoms with Gasteiger partial charge in [0.25, 0.3) is 0 Å². The number of aliphatic hydroxyl groups excluding tert-OH is 1. The molecule has 1 aromatic rings. The summed E-state index contributed by atoms with van der Waals surface area (Å²) in [5.41, 5.74) is 1.06. The molecule has 15 heavy (non-hydrogen) atoms. The van der Waals surface area contributed by atoms with E-state index in [4.69, 9.17) is 9.47 Å². The summed E-state index contributed by atoms with van der Waals surface area (Å²) in [5.74, 6) is 0. The minimum atomic E-state index is -0.253. The van der Waals surface area contributed by atoms with Crippen molar-refractivity contribution in [2.75, 3.05) is 0 Å². The topological polar surface area (TPSA) is 38.7 Å². The van der Waals surface area contributed by atoms with Gasteiger partial charge < -0.3 is 14.6 Å². The van der Waals surface area contributed by atoms with Gasteiger partial charge in [0, 0.05) is 18.4 Å². The Morgan fingerprint density at radius 1 is 1.00 bits per heavy atom. The second-order valence-electron chi connectivity index (χ2n) is 4.22. The minimum Gasteiger partial charge on any atom is -0.393 e. The molecular weight excluding hydrogens is 192 g/mol. The Balaban J connectivity index is 1.73. The Hall–Kier alpha value is -0.900. The van der Waals surface area contributed by atoms with Crippen molar-refractivity contribution in [3.63, 3.8) is 0 Å². The lowest BCUT2D eigenvalue weighted by Gasteiger charge is -2.12. The van der Waals surface area contributed by atoms with Crippen LogP contribution in [-0.2, 0) is 9.47 Å². The zero-order chi connectivity index (χ0) is 10.3. The number of fused-ring (bicyclic) bond motifs is 1. The molecule has 0 aromatic heterocycles. The Labute approximate surface area is 88.6 Å². The van der Waals surface area contributed by atoms with Crippen LogP contribution in [0.5, 0.6) is 0 Å². The molecule has 1 aliphatic heterocycles. The number of benzene rings is 1. The van der Waals surface area contributed by atoms with E-state index in [1.165, 1.54) is 0 Å². The fourth-order valence-corrected chi connectivity index (χ4v) is 2.34. The van der Waals surface area contributed by atoms with Crippen molar-refractivity contribution >= 4 is 0 Å². The molecule has 0 amide bonds. The molecule has 1 heterocycles. The van der Waals surface area contributed by atoms with Crippen LogP contribution in [0.15, 0.2) is 30.3 Å². The number of hydrogen-bond donors (Lipinski definition) is 1. The zero-order valence-corrected chi connectivity index (χ0v) is 8.37. The SMILES string of the molecule is OC1C[C@@H]2OC(c3ccccc3)O[C@@H]2C1. The van der Waals surface area contributed by atoms with Gasteiger partial charge >= 0.3 is 0 Å². The highest BCUT2D eigenvalue weighted by Crippen LogP contribution is 2.39. The number of ether oxygens (including phenoxy) is 2. The minimum absolute atomic E-state index is 0.0743. The molecule has 2 fully saturated rings. The van der Waals surface area contributed by atoms with Crippen LogP contribution in [0.1, 0.15) is 24.7 Å². The second kappa shape index (κ2) is 3.59. The van der Waals surface area contributed by atoms with E-state index in [0.29, 0.717) is 12.8 Å². The van der Waals surface area contributed by atoms with E-state index < -0.39 is 0 Å². The molecule has 80 valence electrons. The zero-order valence-electron chi connectivity index (χ0n) is 8.37. The molecule has 1 N–H and O–H groups in total. The Morgan fingerprint density at radius 2 is 1.60 bits per heavy atom. The van der Waals surface area contributed by atoms with Gasteiger partial charge in [0.1, 0.15) is 0 Å². The summed E-state index contributed by atoms with van der Waals surface area (Å²) in [6.07, 6.45) is 1.06. The van der Waals surface area contributed by atoms with Crippen LogP contribution >= 0.6 is 0 Å². The lowest BCUT2D eigenvalue weighted by molar-refractivity contribution is -0.0847. The molecule has 1 saturated carbocycles. The molecule has 2 aliphatic rings. The molecule has 0 radical (unpaired) electrons. The summed E-state index contributed by atoms with van der Waals surface area (Å²) in [5, 5.41) is 9.43. The van der Waals surface area contributed by atoms with Crippen LogP contribution < -0.4 is 0 Å². The average Bonchev–Trinajstić information content (AvgIpc) is 2.76. The van der Waals surface area contributed by atoms with Crippen molar-refractivity contribution < 1.29 is 14.6 Å². The third kappa shape index (κ3) is 1.67. The van der Waals surface area contributed by atoms with Crippen LogP contribution in [0.4, 0.5) is 0 Å². The van der Waals surface area contributed by atoms with E-state index in [9.17, 15) is 5.11 Å². The maximum Gasteiger partial charge on any atom is 0.184 e. The summed E-state index contributed by atoms with van der Waals surface area (Å²) in [7, 11) is 0. The van der Waals surface area contributed by atoms with Gasteiger partial charge in [-0.1, -0.05) is 30.3 Å². The highest BCUT2D eigenvalue weighted by Gasteiger charge is 2.43. The van der Waals surface area contributed by atoms with Gasteiger partial charge in [0.05, 0.1) is 18.3 Å². The fourth-order valence-electron chi connectivity index (χ4n) is 2.34. The smallest absolute Gasteiger partial charge is 0.184 e. The summed E-state index contributed by atoms with van der Waals surface area (Å²) in [6, 6.07) is 9.93. The number of aliphatic hydroxyl groups is 1. The van der Waals surface area contributed by atoms with E-state index in [2.05, 4.69) is 0 Å². The first-order valence-corrected chi connectivity index (χ1v) is 5.37. The molecule has 0 bridgehead atoms. The molecule has 1 aliphatic carbocycles. The lowest BCUT2D eigenvalue weighted by Crippen LogP contribution is -2.13. The van der Waals surface area contributed by atoms with Crippen molar-refractivity contribution in [2.45, 2.75) is 37.4 Å². The molecule has 4 atom stereocenters. The van der Waals surface area contributed by atoms with Crippen LogP contribution in [0.2, 0.25) is 0 Å². The predicted molar refractivity (Wildman–Crippen MR) is 54.2 cm³/mol. The first-order chi connectivity index (χ1) is 7.33. The van der Waals surface area contributed by atoms with E-state index in [1.807, 2.05) is 30.3 Å². The van der Waals surface area contributed by atoms with Gasteiger partial charge in [-0.2, -0.15) is 0 Å². The molecule has 3 heteroatoms. The quantitative estimate of drug-likeness (QED) is 0.759. The van der Waals surface area contributed by atoms with Crippen molar-refractivity contribution in [3.05, 3.63) is 35.9 Å². The molecule has 3 nitrogen and oxygen atoms in total. The Bertz CT molecular complexity index is 324. The number of hydrogen-bond acceptors (Lipinski definition) is 3. The van der Waals surface area contributed by atoms with E-state index in [1.54, 1.807) is 0 Å². The monoisotopic (exact) mass is 206 g/mol. The maximum absolute atomic E-state index is 9.43. The standard InChI is InChI=1S/C12H14O3/c13-9-6-10-11(7-9)15-12(14-10)8-4-2-1-3-5-8/h1-5,9-13H,6-7H2/t9?,10-,11+,12?. The third-order valence-corrected chi connectivity index (χ3v) is 3.09. The van der Waals surface area contributed by atoms with Crippen molar-refractivity contribution in [3.8, 4) is 0 Å². The summed E-state index contributed by atoms with van der Waals surface area (Å²) < 4.78 is 11.5. The highest BCUT2D eigenvalue weighted by molar-refractivity contribution is 5.17. The van der Waals surface area contributed by atoms with Gasteiger partial charge in [0.15, 0.2) is 6.29 Å². The molecule has 3 rings (SSSR count). The molecule has 1 aromatic carbocycles. The maximum atomic E-state index is 9.43. The first kappa shape index (κ1) is 9.33. The van der Waals surface area contributed by atoms with Gasteiger partial charge in [-0.25, -0.2) is 0 Å². The normalized spacial score (nSPS) is 39.3. The lowest BCUT2D eigenvalue weighted by atomic mass is 10.2. The largest absolute Gasteiger partial charge is 0.393 e. The Kier molecular flexibility index (Phi) is 2.24. The van der Waals surface area contributed by atoms with E-state index >= 15 is 0 Å². The average molecular weight is 206 g/mol. The summed E-state index contributed by atoms with van der Waals surface area (Å²) in [4.78, 5) is 0. The van der Waals surface area contributed by atoms with E-state index in [-0.39, 0.29) is 24.6 Å². The van der Waals surface area contributed by atoms with Crippen LogP contribution in [0.3, 0.4) is 0 Å². The van der Waals surface area contributed by atoms with Crippen molar-refractivity contribution in [1.82, 2.24) is 0 Å².